The smallest absolute Gasteiger partial charge is 0.100 e. The molecule has 5 heteroatoms. The zero-order valence-electron chi connectivity index (χ0n) is 14.4. The van der Waals surface area contributed by atoms with Gasteiger partial charge in [0, 0.05) is 47.2 Å². The minimum Gasteiger partial charge on any atom is -0.329 e. The van der Waals surface area contributed by atoms with Crippen molar-refractivity contribution in [1.82, 2.24) is 14.8 Å². The molecule has 0 amide bonds. The predicted octanol–water partition coefficient (Wildman–Crippen LogP) is 5.01. The maximum atomic E-state index is 4.62. The third-order valence-corrected chi connectivity index (χ3v) is 4.40. The summed E-state index contributed by atoms with van der Waals surface area (Å²) in [6.07, 6.45) is 5.65. The first kappa shape index (κ1) is 16.6. The molecular formula is C19H22N4S. The monoisotopic (exact) mass is 338 g/mol. The average Bonchev–Trinajstić information content (AvgIpc) is 2.95. The molecule has 1 N–H and O–H groups in total. The number of hydrogen-bond donors (Lipinski definition) is 1. The van der Waals surface area contributed by atoms with E-state index >= 15 is 0 Å². The molecule has 0 saturated heterocycles. The van der Waals surface area contributed by atoms with Gasteiger partial charge in [-0.2, -0.15) is 5.10 Å². The van der Waals surface area contributed by atoms with Crippen LogP contribution in [0.4, 0.5) is 5.69 Å². The summed E-state index contributed by atoms with van der Waals surface area (Å²) in [7, 11) is 1.95. The topological polar surface area (TPSA) is 42.7 Å². The normalized spacial score (nSPS) is 11.5. The van der Waals surface area contributed by atoms with Crippen molar-refractivity contribution >= 4 is 17.6 Å². The molecule has 0 aliphatic carbocycles. The number of aromatic nitrogens is 3. The van der Waals surface area contributed by atoms with Crippen LogP contribution in [0, 0.1) is 0 Å². The Hall–Kier alpha value is -2.27. The Balaban J connectivity index is 1.88. The lowest BCUT2D eigenvalue weighted by Gasteiger charge is -2.18. The van der Waals surface area contributed by atoms with Crippen molar-refractivity contribution in [3.8, 4) is 22.4 Å². The van der Waals surface area contributed by atoms with Crippen molar-refractivity contribution in [3.05, 3.63) is 55.0 Å². The molecule has 0 unspecified atom stereocenters. The average molecular weight is 338 g/mol. The first-order valence-corrected chi connectivity index (χ1v) is 8.72. The van der Waals surface area contributed by atoms with E-state index in [9.17, 15) is 0 Å². The van der Waals surface area contributed by atoms with Gasteiger partial charge in [0.2, 0.25) is 0 Å². The summed E-state index contributed by atoms with van der Waals surface area (Å²) in [6, 6.07) is 12.5. The van der Waals surface area contributed by atoms with Crippen LogP contribution in [0.15, 0.2) is 55.0 Å². The van der Waals surface area contributed by atoms with Crippen molar-refractivity contribution in [2.75, 3.05) is 4.72 Å². The van der Waals surface area contributed by atoms with E-state index in [2.05, 4.69) is 66.0 Å². The fourth-order valence-corrected chi connectivity index (χ4v) is 2.91. The van der Waals surface area contributed by atoms with Gasteiger partial charge in [-0.15, -0.1) is 0 Å². The molecule has 0 bridgehead atoms. The van der Waals surface area contributed by atoms with E-state index in [0.717, 1.165) is 28.1 Å². The summed E-state index contributed by atoms with van der Waals surface area (Å²) in [4.78, 5) is 4.09. The van der Waals surface area contributed by atoms with Crippen molar-refractivity contribution in [1.29, 1.82) is 0 Å². The molecule has 0 radical (unpaired) electrons. The van der Waals surface area contributed by atoms with Gasteiger partial charge in [-0.25, -0.2) is 0 Å². The van der Waals surface area contributed by atoms with E-state index in [-0.39, 0.29) is 4.75 Å². The Morgan fingerprint density at radius 2 is 1.62 bits per heavy atom. The van der Waals surface area contributed by atoms with Gasteiger partial charge < -0.3 is 4.72 Å². The zero-order valence-corrected chi connectivity index (χ0v) is 15.3. The molecule has 0 atom stereocenters. The highest BCUT2D eigenvalue weighted by atomic mass is 32.2. The van der Waals surface area contributed by atoms with Crippen LogP contribution in [-0.4, -0.2) is 19.5 Å². The van der Waals surface area contributed by atoms with E-state index in [0.29, 0.717) is 0 Å². The summed E-state index contributed by atoms with van der Waals surface area (Å²) in [5.41, 5.74) is 5.43. The number of benzene rings is 1. The van der Waals surface area contributed by atoms with Gasteiger partial charge in [0.05, 0.1) is 0 Å². The van der Waals surface area contributed by atoms with Gasteiger partial charge in [0.15, 0.2) is 0 Å². The van der Waals surface area contributed by atoms with Crippen LogP contribution in [0.3, 0.4) is 0 Å². The molecule has 4 nitrogen and oxygen atoms in total. The van der Waals surface area contributed by atoms with E-state index in [1.807, 2.05) is 23.9 Å². The summed E-state index contributed by atoms with van der Waals surface area (Å²) in [5, 5.41) is 4.62. The predicted molar refractivity (Wildman–Crippen MR) is 103 cm³/mol. The van der Waals surface area contributed by atoms with Crippen LogP contribution >= 0.6 is 11.9 Å². The molecule has 3 aromatic rings. The highest BCUT2D eigenvalue weighted by Crippen LogP contribution is 2.32. The first-order valence-electron chi connectivity index (χ1n) is 7.91. The fraction of sp³-hybridized carbons (Fsp3) is 0.263. The molecule has 124 valence electrons. The Labute approximate surface area is 147 Å². The van der Waals surface area contributed by atoms with Gasteiger partial charge in [0.25, 0.3) is 0 Å². The number of aryl methyl sites for hydroxylation is 1. The molecule has 3 rings (SSSR count). The lowest BCUT2D eigenvalue weighted by molar-refractivity contribution is 0.771. The molecule has 0 fully saturated rings. The second-order valence-electron chi connectivity index (χ2n) is 6.69. The van der Waals surface area contributed by atoms with Crippen LogP contribution < -0.4 is 4.72 Å². The highest BCUT2D eigenvalue weighted by Gasteiger charge is 2.13. The summed E-state index contributed by atoms with van der Waals surface area (Å²) >= 11 is 1.72. The summed E-state index contributed by atoms with van der Waals surface area (Å²) in [6.45, 7) is 6.57. The highest BCUT2D eigenvalue weighted by molar-refractivity contribution is 8.01. The zero-order chi connectivity index (χ0) is 17.2. The molecule has 1 aromatic carbocycles. The van der Waals surface area contributed by atoms with Gasteiger partial charge in [0.1, 0.15) is 5.69 Å². The van der Waals surface area contributed by atoms with Crippen LogP contribution in [0.25, 0.3) is 22.4 Å². The van der Waals surface area contributed by atoms with E-state index < -0.39 is 0 Å². The van der Waals surface area contributed by atoms with Crippen molar-refractivity contribution in [3.63, 3.8) is 0 Å². The molecule has 2 aromatic heterocycles. The van der Waals surface area contributed by atoms with E-state index in [4.69, 9.17) is 0 Å². The quantitative estimate of drug-likeness (QED) is 0.679. The number of anilines is 1. The van der Waals surface area contributed by atoms with E-state index in [1.54, 1.807) is 24.3 Å². The Kier molecular flexibility index (Phi) is 4.62. The van der Waals surface area contributed by atoms with Gasteiger partial charge in [-0.05, 0) is 62.5 Å². The number of rotatable bonds is 4. The van der Waals surface area contributed by atoms with Crippen LogP contribution in [-0.2, 0) is 7.05 Å². The second-order valence-corrected chi connectivity index (χ2v) is 8.33. The van der Waals surface area contributed by atoms with Crippen LogP contribution in [0.5, 0.6) is 0 Å². The maximum absolute atomic E-state index is 4.62. The number of pyridine rings is 1. The standard InChI is InChI=1S/C19H22N4S/c1-19(2,3)24-22-16-7-5-14(6-8-16)17-13-23(4)21-18(17)15-9-11-20-12-10-15/h5-13,22H,1-4H3. The lowest BCUT2D eigenvalue weighted by atomic mass is 10.0. The third kappa shape index (κ3) is 3.97. The van der Waals surface area contributed by atoms with Gasteiger partial charge >= 0.3 is 0 Å². The number of nitrogens with zero attached hydrogens (tertiary/aromatic N) is 3. The SMILES string of the molecule is Cn1cc(-c2ccc(NSC(C)(C)C)cc2)c(-c2ccncc2)n1. The maximum Gasteiger partial charge on any atom is 0.100 e. The Morgan fingerprint density at radius 3 is 2.25 bits per heavy atom. The third-order valence-electron chi connectivity index (χ3n) is 3.45. The van der Waals surface area contributed by atoms with Crippen molar-refractivity contribution in [2.45, 2.75) is 25.5 Å². The molecule has 24 heavy (non-hydrogen) atoms. The molecular weight excluding hydrogens is 316 g/mol. The van der Waals surface area contributed by atoms with Crippen molar-refractivity contribution < 1.29 is 0 Å². The second kappa shape index (κ2) is 6.69. The molecule has 0 aliphatic heterocycles. The number of nitrogens with one attached hydrogen (secondary N) is 1. The summed E-state index contributed by atoms with van der Waals surface area (Å²) in [5.74, 6) is 0. The van der Waals surface area contributed by atoms with Crippen LogP contribution in [0.1, 0.15) is 20.8 Å². The molecule has 0 aliphatic rings. The van der Waals surface area contributed by atoms with Gasteiger partial charge in [-0.3, -0.25) is 9.67 Å². The van der Waals surface area contributed by atoms with Crippen molar-refractivity contribution in [2.24, 2.45) is 7.05 Å². The molecule has 0 saturated carbocycles. The van der Waals surface area contributed by atoms with Gasteiger partial charge in [-0.1, -0.05) is 12.1 Å². The Morgan fingerprint density at radius 1 is 0.958 bits per heavy atom. The molecule has 2 heterocycles. The summed E-state index contributed by atoms with van der Waals surface area (Å²) < 4.78 is 5.43. The van der Waals surface area contributed by atoms with E-state index in [1.165, 1.54) is 0 Å². The Bertz CT molecular complexity index is 802. The minimum absolute atomic E-state index is 0.177. The lowest BCUT2D eigenvalue weighted by Crippen LogP contribution is -2.10. The fourth-order valence-electron chi connectivity index (χ4n) is 2.35. The van der Waals surface area contributed by atoms with Crippen LogP contribution in [0.2, 0.25) is 0 Å². The largest absolute Gasteiger partial charge is 0.329 e. The first-order chi connectivity index (χ1) is 11.4. The number of hydrogen-bond acceptors (Lipinski definition) is 4. The molecule has 0 spiro atoms. The minimum atomic E-state index is 0.177.